The lowest BCUT2D eigenvalue weighted by Crippen LogP contribution is -2.45. The molecule has 3 aromatic heterocycles. The Morgan fingerprint density at radius 1 is 1.07 bits per heavy atom. The summed E-state index contributed by atoms with van der Waals surface area (Å²) in [7, 11) is 0. The summed E-state index contributed by atoms with van der Waals surface area (Å²) in [5, 5.41) is 3.19. The first-order valence-electron chi connectivity index (χ1n) is 11.3. The molecule has 1 amide bonds. The minimum absolute atomic E-state index is 0.0105. The van der Waals surface area contributed by atoms with Crippen molar-refractivity contribution in [3.8, 4) is 0 Å². The van der Waals surface area contributed by atoms with Crippen LogP contribution in [0, 0.1) is 5.92 Å². The van der Waals surface area contributed by atoms with Crippen molar-refractivity contribution in [1.82, 2.24) is 24.6 Å². The minimum atomic E-state index is 0.0105. The van der Waals surface area contributed by atoms with E-state index in [1.165, 1.54) is 32.4 Å². The van der Waals surface area contributed by atoms with E-state index in [1.54, 1.807) is 6.20 Å². The van der Waals surface area contributed by atoms with Crippen LogP contribution in [-0.2, 0) is 4.79 Å². The minimum Gasteiger partial charge on any atom is -0.355 e. The lowest BCUT2D eigenvalue weighted by atomic mass is 9.97. The molecule has 2 aliphatic rings. The van der Waals surface area contributed by atoms with Crippen molar-refractivity contribution >= 4 is 28.4 Å². The van der Waals surface area contributed by atoms with Gasteiger partial charge in [-0.2, -0.15) is 0 Å². The van der Waals surface area contributed by atoms with E-state index in [9.17, 15) is 4.79 Å². The van der Waals surface area contributed by atoms with Gasteiger partial charge in [-0.3, -0.25) is 4.79 Å². The zero-order valence-corrected chi connectivity index (χ0v) is 17.5. The van der Waals surface area contributed by atoms with Crippen LogP contribution in [0.3, 0.4) is 0 Å². The van der Waals surface area contributed by atoms with Crippen LogP contribution in [0.2, 0.25) is 0 Å². The van der Waals surface area contributed by atoms with Crippen LogP contribution >= 0.6 is 0 Å². The molecule has 1 atom stereocenters. The Hall–Kier alpha value is -2.67. The Balaban J connectivity index is 1.28. The fourth-order valence-electron chi connectivity index (χ4n) is 4.87. The number of piperidine rings is 2. The Bertz CT molecular complexity index is 1020. The zero-order valence-electron chi connectivity index (χ0n) is 17.5. The first kappa shape index (κ1) is 19.3. The normalized spacial score (nSPS) is 20.7. The number of nitrogens with one attached hydrogen (secondary N) is 1. The second kappa shape index (κ2) is 8.60. The van der Waals surface area contributed by atoms with Crippen molar-refractivity contribution in [2.45, 2.75) is 32.1 Å². The molecule has 0 unspecified atom stereocenters. The number of likely N-dealkylation sites (tertiary alicyclic amines) is 1. The van der Waals surface area contributed by atoms with Gasteiger partial charge in [-0.25, -0.2) is 9.97 Å². The van der Waals surface area contributed by atoms with Crippen molar-refractivity contribution in [1.29, 1.82) is 0 Å². The van der Waals surface area contributed by atoms with Gasteiger partial charge in [0.05, 0.1) is 17.0 Å². The van der Waals surface area contributed by atoms with E-state index in [4.69, 9.17) is 4.98 Å². The van der Waals surface area contributed by atoms with Crippen molar-refractivity contribution < 1.29 is 4.79 Å². The summed E-state index contributed by atoms with van der Waals surface area (Å²) < 4.78 is 2.15. The highest BCUT2D eigenvalue weighted by Crippen LogP contribution is 2.28. The van der Waals surface area contributed by atoms with Gasteiger partial charge in [-0.15, -0.1) is 0 Å². The van der Waals surface area contributed by atoms with E-state index in [0.29, 0.717) is 6.54 Å². The molecule has 2 aliphatic heterocycles. The molecule has 0 bridgehead atoms. The average molecular weight is 407 g/mol. The molecule has 0 radical (unpaired) electrons. The summed E-state index contributed by atoms with van der Waals surface area (Å²) >= 11 is 0. The summed E-state index contributed by atoms with van der Waals surface area (Å²) in [4.78, 5) is 26.9. The van der Waals surface area contributed by atoms with E-state index in [0.717, 1.165) is 55.0 Å². The Kier molecular flexibility index (Phi) is 5.53. The quantitative estimate of drug-likeness (QED) is 0.706. The van der Waals surface area contributed by atoms with Gasteiger partial charge in [0.2, 0.25) is 5.91 Å². The molecule has 158 valence electrons. The van der Waals surface area contributed by atoms with Crippen LogP contribution in [0.1, 0.15) is 32.1 Å². The van der Waals surface area contributed by atoms with E-state index in [-0.39, 0.29) is 11.8 Å². The molecule has 2 fully saturated rings. The van der Waals surface area contributed by atoms with E-state index < -0.39 is 0 Å². The van der Waals surface area contributed by atoms with Crippen LogP contribution in [0.4, 0.5) is 5.82 Å². The highest BCUT2D eigenvalue weighted by molar-refractivity contribution is 5.84. The van der Waals surface area contributed by atoms with E-state index >= 15 is 0 Å². The van der Waals surface area contributed by atoms with Crippen LogP contribution in [0.15, 0.2) is 36.7 Å². The molecule has 3 aromatic rings. The van der Waals surface area contributed by atoms with E-state index in [2.05, 4.69) is 36.8 Å². The van der Waals surface area contributed by atoms with Gasteiger partial charge in [-0.1, -0.05) is 6.42 Å². The summed E-state index contributed by atoms with van der Waals surface area (Å²) in [6.45, 7) is 5.68. The largest absolute Gasteiger partial charge is 0.355 e. The maximum Gasteiger partial charge on any atom is 0.224 e. The number of fused-ring (bicyclic) bond motifs is 3. The summed E-state index contributed by atoms with van der Waals surface area (Å²) in [5.41, 5.74) is 2.82. The van der Waals surface area contributed by atoms with Crippen LogP contribution in [-0.4, -0.2) is 64.4 Å². The molecular weight excluding hydrogens is 376 g/mol. The monoisotopic (exact) mass is 406 g/mol. The second-order valence-corrected chi connectivity index (χ2v) is 8.52. The number of carbonyl (C=O) groups is 1. The lowest BCUT2D eigenvalue weighted by Gasteiger charge is -2.33. The van der Waals surface area contributed by atoms with Crippen LogP contribution in [0.25, 0.3) is 16.7 Å². The molecule has 0 aliphatic carbocycles. The fraction of sp³-hybridized carbons (Fsp3) is 0.522. The number of anilines is 1. The molecule has 5 heterocycles. The smallest absolute Gasteiger partial charge is 0.224 e. The zero-order chi connectivity index (χ0) is 20.3. The highest BCUT2D eigenvalue weighted by atomic mass is 16.1. The van der Waals surface area contributed by atoms with Gasteiger partial charge < -0.3 is 19.5 Å². The van der Waals surface area contributed by atoms with E-state index in [1.807, 2.05) is 18.2 Å². The molecule has 30 heavy (non-hydrogen) atoms. The molecule has 7 nitrogen and oxygen atoms in total. The Morgan fingerprint density at radius 3 is 2.83 bits per heavy atom. The molecule has 1 N–H and O–H groups in total. The number of amides is 1. The number of rotatable bonds is 5. The summed E-state index contributed by atoms with van der Waals surface area (Å²) in [6.07, 6.45) is 9.69. The van der Waals surface area contributed by atoms with Gasteiger partial charge >= 0.3 is 0 Å². The lowest BCUT2D eigenvalue weighted by molar-refractivity contribution is -0.125. The van der Waals surface area contributed by atoms with Crippen LogP contribution < -0.4 is 10.2 Å². The molecular formula is C23H30N6O. The van der Waals surface area contributed by atoms with Gasteiger partial charge in [0.1, 0.15) is 0 Å². The first-order valence-corrected chi connectivity index (χ1v) is 11.3. The number of hydrogen-bond donors (Lipinski definition) is 1. The van der Waals surface area contributed by atoms with Crippen LogP contribution in [0.5, 0.6) is 0 Å². The number of carbonyl (C=O) groups excluding carboxylic acids is 1. The number of pyridine rings is 1. The molecule has 5 rings (SSSR count). The SMILES string of the molecule is O=C(NCCN1CCCCC1)[C@@H]1CCCN(c2nc3ncccc3n3cccc23)C1. The number of nitrogens with zero attached hydrogens (tertiary/aromatic N) is 5. The third kappa shape index (κ3) is 3.86. The molecule has 0 spiro atoms. The average Bonchev–Trinajstić information content (AvgIpc) is 3.30. The molecule has 0 saturated carbocycles. The predicted molar refractivity (Wildman–Crippen MR) is 119 cm³/mol. The van der Waals surface area contributed by atoms with Crippen molar-refractivity contribution in [2.24, 2.45) is 5.92 Å². The van der Waals surface area contributed by atoms with Crippen molar-refractivity contribution in [3.05, 3.63) is 36.7 Å². The van der Waals surface area contributed by atoms with Gasteiger partial charge in [0.25, 0.3) is 0 Å². The van der Waals surface area contributed by atoms with Gasteiger partial charge in [-0.05, 0) is 63.0 Å². The fourth-order valence-corrected chi connectivity index (χ4v) is 4.87. The van der Waals surface area contributed by atoms with Gasteiger partial charge in [0, 0.05) is 38.6 Å². The third-order valence-electron chi connectivity index (χ3n) is 6.48. The predicted octanol–water partition coefficient (Wildman–Crippen LogP) is 2.70. The maximum absolute atomic E-state index is 12.8. The summed E-state index contributed by atoms with van der Waals surface area (Å²) in [6, 6.07) is 8.12. The molecule has 7 heteroatoms. The third-order valence-corrected chi connectivity index (χ3v) is 6.48. The number of aromatic nitrogens is 3. The topological polar surface area (TPSA) is 65.8 Å². The standard InChI is InChI=1S/C23H30N6O/c30-23(25-11-16-27-12-2-1-3-13-27)18-7-5-14-28(17-18)22-20-9-6-15-29(20)19-8-4-10-24-21(19)26-22/h4,6,8-10,15,18H,1-3,5,7,11-14,16-17H2,(H,25,30)/t18-/m1/s1. The number of hydrogen-bond acceptors (Lipinski definition) is 5. The van der Waals surface area contributed by atoms with Crippen molar-refractivity contribution in [2.75, 3.05) is 44.2 Å². The highest BCUT2D eigenvalue weighted by Gasteiger charge is 2.28. The van der Waals surface area contributed by atoms with Crippen molar-refractivity contribution in [3.63, 3.8) is 0 Å². The molecule has 2 saturated heterocycles. The molecule has 0 aromatic carbocycles. The first-order chi connectivity index (χ1) is 14.8. The second-order valence-electron chi connectivity index (χ2n) is 8.52. The Morgan fingerprint density at radius 2 is 1.93 bits per heavy atom. The summed E-state index contributed by atoms with van der Waals surface area (Å²) in [5.74, 6) is 1.12. The maximum atomic E-state index is 12.8. The Labute approximate surface area is 177 Å². The van der Waals surface area contributed by atoms with Gasteiger partial charge in [0.15, 0.2) is 11.5 Å².